The van der Waals surface area contributed by atoms with Crippen LogP contribution in [-0.4, -0.2) is 37.4 Å². The molecule has 2 N–H and O–H groups in total. The molecule has 1 atom stereocenters. The molecule has 0 fully saturated rings. The molecule has 1 unspecified atom stereocenters. The van der Waals surface area contributed by atoms with Gasteiger partial charge in [-0.2, -0.15) is 0 Å². The van der Waals surface area contributed by atoms with Gasteiger partial charge in [-0.25, -0.2) is 4.79 Å². The number of hydrogen-bond donors (Lipinski definition) is 2. The second kappa shape index (κ2) is 8.44. The van der Waals surface area contributed by atoms with Gasteiger partial charge in [0, 0.05) is 18.7 Å². The highest BCUT2D eigenvalue weighted by Crippen LogP contribution is 1.99. The van der Waals surface area contributed by atoms with Crippen molar-refractivity contribution < 1.29 is 14.6 Å². The minimum Gasteiger partial charge on any atom is -0.463 e. The summed E-state index contributed by atoms with van der Waals surface area (Å²) >= 11 is 0. The molecule has 88 valence electrons. The van der Waals surface area contributed by atoms with Crippen molar-refractivity contribution in [2.24, 2.45) is 5.92 Å². The van der Waals surface area contributed by atoms with E-state index >= 15 is 0 Å². The van der Waals surface area contributed by atoms with E-state index in [2.05, 4.69) is 11.9 Å². The molecule has 0 aromatic carbocycles. The molecule has 0 aliphatic rings. The molecule has 0 heterocycles. The zero-order chi connectivity index (χ0) is 11.7. The molecule has 0 amide bonds. The fourth-order valence-corrected chi connectivity index (χ4v) is 1.10. The van der Waals surface area contributed by atoms with Crippen LogP contribution in [0, 0.1) is 5.92 Å². The molecule has 0 aliphatic heterocycles. The number of aliphatic hydroxyl groups excluding tert-OH is 1. The van der Waals surface area contributed by atoms with E-state index in [0.717, 1.165) is 13.0 Å². The van der Waals surface area contributed by atoms with Gasteiger partial charge in [0.2, 0.25) is 0 Å². The summed E-state index contributed by atoms with van der Waals surface area (Å²) in [6.45, 7) is 9.21. The van der Waals surface area contributed by atoms with Crippen molar-refractivity contribution in [2.45, 2.75) is 20.3 Å². The summed E-state index contributed by atoms with van der Waals surface area (Å²) in [6.07, 6.45) is 0.763. The lowest BCUT2D eigenvalue weighted by atomic mass is 10.1. The Morgan fingerprint density at radius 1 is 1.60 bits per heavy atom. The van der Waals surface area contributed by atoms with Crippen molar-refractivity contribution in [3.05, 3.63) is 12.2 Å². The van der Waals surface area contributed by atoms with Crippen LogP contribution >= 0.6 is 0 Å². The van der Waals surface area contributed by atoms with Crippen LogP contribution < -0.4 is 5.32 Å². The largest absolute Gasteiger partial charge is 0.463 e. The maximum absolute atomic E-state index is 11.1. The Labute approximate surface area is 91.3 Å². The van der Waals surface area contributed by atoms with Gasteiger partial charge in [-0.15, -0.1) is 0 Å². The number of hydrogen-bond acceptors (Lipinski definition) is 4. The number of esters is 1. The quantitative estimate of drug-likeness (QED) is 0.462. The number of aliphatic hydroxyl groups is 1. The Kier molecular flexibility index (Phi) is 7.95. The summed E-state index contributed by atoms with van der Waals surface area (Å²) in [5.74, 6) is 0.0461. The molecule has 0 bridgehead atoms. The van der Waals surface area contributed by atoms with E-state index < -0.39 is 0 Å². The van der Waals surface area contributed by atoms with Crippen molar-refractivity contribution in [2.75, 3.05) is 26.3 Å². The van der Waals surface area contributed by atoms with Gasteiger partial charge in [-0.1, -0.05) is 13.5 Å². The predicted octanol–water partition coefficient (Wildman–Crippen LogP) is 0.714. The van der Waals surface area contributed by atoms with E-state index in [1.165, 1.54) is 0 Å². The first-order valence-corrected chi connectivity index (χ1v) is 5.28. The average Bonchev–Trinajstić information content (AvgIpc) is 2.18. The number of carbonyl (C=O) groups excluding carboxylic acids is 1. The van der Waals surface area contributed by atoms with Crippen molar-refractivity contribution in [3.8, 4) is 0 Å². The zero-order valence-corrected chi connectivity index (χ0v) is 9.58. The van der Waals surface area contributed by atoms with E-state index in [1.54, 1.807) is 6.92 Å². The van der Waals surface area contributed by atoms with Gasteiger partial charge < -0.3 is 15.2 Å². The highest BCUT2D eigenvalue weighted by atomic mass is 16.5. The van der Waals surface area contributed by atoms with Crippen LogP contribution in [0.3, 0.4) is 0 Å². The molecule has 0 aromatic rings. The van der Waals surface area contributed by atoms with Crippen LogP contribution in [0.4, 0.5) is 0 Å². The van der Waals surface area contributed by atoms with Crippen LogP contribution in [0.1, 0.15) is 20.3 Å². The summed E-state index contributed by atoms with van der Waals surface area (Å²) < 4.78 is 4.79. The predicted molar refractivity (Wildman–Crippen MR) is 59.5 cm³/mol. The number of nitrogens with one attached hydrogen (secondary N) is 1. The molecule has 4 nitrogen and oxygen atoms in total. The summed E-state index contributed by atoms with van der Waals surface area (Å²) in [7, 11) is 0. The maximum atomic E-state index is 11.1. The lowest BCUT2D eigenvalue weighted by Gasteiger charge is -2.11. The number of rotatable bonds is 8. The highest BCUT2D eigenvalue weighted by Gasteiger charge is 2.07. The monoisotopic (exact) mass is 215 g/mol. The van der Waals surface area contributed by atoms with Gasteiger partial charge in [0.05, 0.1) is 6.61 Å². The first-order valence-electron chi connectivity index (χ1n) is 5.28. The van der Waals surface area contributed by atoms with Crippen molar-refractivity contribution in [1.29, 1.82) is 0 Å². The highest BCUT2D eigenvalue weighted by molar-refractivity contribution is 5.88. The fraction of sp³-hybridized carbons (Fsp3) is 0.727. The summed E-state index contributed by atoms with van der Waals surface area (Å²) in [5, 5.41) is 11.8. The topological polar surface area (TPSA) is 58.6 Å². The first kappa shape index (κ1) is 14.1. The Morgan fingerprint density at radius 2 is 2.27 bits per heavy atom. The third kappa shape index (κ3) is 7.11. The molecule has 0 radical (unpaired) electrons. The lowest BCUT2D eigenvalue weighted by molar-refractivity contribution is -0.138. The minimum atomic E-state index is -0.347. The molecule has 0 saturated heterocycles. The molecule has 0 rings (SSSR count). The van der Waals surface area contributed by atoms with E-state index in [1.807, 2.05) is 6.92 Å². The number of ether oxygens (including phenoxy) is 1. The molecule has 0 spiro atoms. The number of carbonyl (C=O) groups is 1. The molecule has 0 aromatic heterocycles. The van der Waals surface area contributed by atoms with Crippen molar-refractivity contribution >= 4 is 5.97 Å². The van der Waals surface area contributed by atoms with Gasteiger partial charge >= 0.3 is 5.97 Å². The molecule has 15 heavy (non-hydrogen) atoms. The third-order valence-corrected chi connectivity index (χ3v) is 2.02. The van der Waals surface area contributed by atoms with Gasteiger partial charge in [0.15, 0.2) is 0 Å². The summed E-state index contributed by atoms with van der Waals surface area (Å²) in [4.78, 5) is 11.1. The Bertz CT molecular complexity index is 204. The summed E-state index contributed by atoms with van der Waals surface area (Å²) in [6, 6.07) is 0. The standard InChI is InChI=1S/C11H21NO3/c1-4-15-11(14)10(3)8-12-7-9(2)5-6-13/h9,12-13H,3-8H2,1-2H3. The van der Waals surface area contributed by atoms with Crippen molar-refractivity contribution in [3.63, 3.8) is 0 Å². The fourth-order valence-electron chi connectivity index (χ4n) is 1.10. The van der Waals surface area contributed by atoms with Crippen LogP contribution in [0.25, 0.3) is 0 Å². The second-order valence-corrected chi connectivity index (χ2v) is 3.57. The normalized spacial score (nSPS) is 12.2. The van der Waals surface area contributed by atoms with E-state index in [4.69, 9.17) is 9.84 Å². The smallest absolute Gasteiger partial charge is 0.334 e. The molecule has 0 saturated carbocycles. The van der Waals surface area contributed by atoms with Crippen LogP contribution in [0.15, 0.2) is 12.2 Å². The SMILES string of the molecule is C=C(CNCC(C)CCO)C(=O)OCC. The van der Waals surface area contributed by atoms with Gasteiger partial charge in [-0.05, 0) is 25.8 Å². The second-order valence-electron chi connectivity index (χ2n) is 3.57. The van der Waals surface area contributed by atoms with E-state index in [-0.39, 0.29) is 12.6 Å². The van der Waals surface area contributed by atoms with Crippen molar-refractivity contribution in [1.82, 2.24) is 5.32 Å². The Morgan fingerprint density at radius 3 is 2.80 bits per heavy atom. The first-order chi connectivity index (χ1) is 7.11. The zero-order valence-electron chi connectivity index (χ0n) is 9.58. The molecule has 0 aliphatic carbocycles. The minimum absolute atomic E-state index is 0.196. The maximum Gasteiger partial charge on any atom is 0.334 e. The Balaban J connectivity index is 3.58. The van der Waals surface area contributed by atoms with E-state index in [9.17, 15) is 4.79 Å². The summed E-state index contributed by atoms with van der Waals surface area (Å²) in [5.41, 5.74) is 0.438. The Hall–Kier alpha value is -0.870. The molecular formula is C11H21NO3. The van der Waals surface area contributed by atoms with Crippen LogP contribution in [0.5, 0.6) is 0 Å². The third-order valence-electron chi connectivity index (χ3n) is 2.02. The van der Waals surface area contributed by atoms with Crippen LogP contribution in [0.2, 0.25) is 0 Å². The van der Waals surface area contributed by atoms with Gasteiger partial charge in [0.1, 0.15) is 0 Å². The molecule has 4 heteroatoms. The van der Waals surface area contributed by atoms with Crippen LogP contribution in [-0.2, 0) is 9.53 Å². The van der Waals surface area contributed by atoms with Gasteiger partial charge in [-0.3, -0.25) is 0 Å². The van der Waals surface area contributed by atoms with Gasteiger partial charge in [0.25, 0.3) is 0 Å². The average molecular weight is 215 g/mol. The van der Waals surface area contributed by atoms with E-state index in [0.29, 0.717) is 24.6 Å². The lowest BCUT2D eigenvalue weighted by Crippen LogP contribution is -2.26. The molecular weight excluding hydrogens is 194 g/mol.